The number of likely N-dealkylation sites (tertiary alicyclic amines) is 2. The highest BCUT2D eigenvalue weighted by atomic mass is 16.5. The number of carbonyl (C=O) groups excluding carboxylic acids is 2. The molecule has 42 heavy (non-hydrogen) atoms. The molecular formula is C32H39N5O5. The van der Waals surface area contributed by atoms with E-state index < -0.39 is 0 Å². The maximum atomic E-state index is 13.8. The SMILES string of the molecule is Cn1c(=O)[nH]c2ccc(C(=O)N3C[C@H]4CCN(C(=O)c5cc(OCC6CCOCC6)nc(C6CC6)c5)CC[C@H]4C3)cc21. The van der Waals surface area contributed by atoms with Crippen LogP contribution < -0.4 is 10.4 Å². The molecule has 3 saturated heterocycles. The van der Waals surface area contributed by atoms with Gasteiger partial charge in [0, 0.05) is 75.2 Å². The normalized spacial score (nSPS) is 23.2. The predicted molar refractivity (Wildman–Crippen MR) is 157 cm³/mol. The Hall–Kier alpha value is -3.66. The summed E-state index contributed by atoms with van der Waals surface area (Å²) in [7, 11) is 1.70. The molecule has 7 rings (SSSR count). The van der Waals surface area contributed by atoms with Crippen LogP contribution in [0.1, 0.15) is 70.9 Å². The minimum atomic E-state index is -0.189. The molecule has 1 N–H and O–H groups in total. The molecule has 2 amide bonds. The molecule has 1 aliphatic carbocycles. The van der Waals surface area contributed by atoms with Crippen molar-refractivity contribution in [2.24, 2.45) is 24.8 Å². The Balaban J connectivity index is 0.998. The lowest BCUT2D eigenvalue weighted by Gasteiger charge is -2.24. The van der Waals surface area contributed by atoms with Crippen LogP contribution in [0.4, 0.5) is 0 Å². The van der Waals surface area contributed by atoms with E-state index in [0.29, 0.717) is 73.5 Å². The zero-order chi connectivity index (χ0) is 28.8. The van der Waals surface area contributed by atoms with Gasteiger partial charge in [-0.15, -0.1) is 0 Å². The van der Waals surface area contributed by atoms with Crippen LogP contribution in [0.25, 0.3) is 11.0 Å². The topological polar surface area (TPSA) is 110 Å². The Morgan fingerprint density at radius 3 is 2.36 bits per heavy atom. The highest BCUT2D eigenvalue weighted by Crippen LogP contribution is 2.40. The smallest absolute Gasteiger partial charge is 0.326 e. The number of nitrogens with one attached hydrogen (secondary N) is 1. The van der Waals surface area contributed by atoms with Gasteiger partial charge in [0.1, 0.15) is 0 Å². The number of aromatic nitrogens is 3. The molecule has 3 aromatic rings. The molecule has 1 saturated carbocycles. The first-order chi connectivity index (χ1) is 20.4. The summed E-state index contributed by atoms with van der Waals surface area (Å²) in [5.41, 5.74) is 3.52. The molecule has 0 unspecified atom stereocenters. The summed E-state index contributed by atoms with van der Waals surface area (Å²) >= 11 is 0. The van der Waals surface area contributed by atoms with Gasteiger partial charge < -0.3 is 24.3 Å². The maximum absolute atomic E-state index is 13.8. The van der Waals surface area contributed by atoms with Crippen LogP contribution in [-0.2, 0) is 11.8 Å². The van der Waals surface area contributed by atoms with Gasteiger partial charge in [0.2, 0.25) is 5.88 Å². The van der Waals surface area contributed by atoms with Crippen molar-refractivity contribution in [3.05, 3.63) is 57.6 Å². The number of benzene rings is 1. The molecule has 4 fully saturated rings. The molecule has 10 heteroatoms. The molecular weight excluding hydrogens is 534 g/mol. The van der Waals surface area contributed by atoms with Gasteiger partial charge in [-0.05, 0) is 80.5 Å². The van der Waals surface area contributed by atoms with Crippen LogP contribution in [0.15, 0.2) is 35.1 Å². The lowest BCUT2D eigenvalue weighted by Crippen LogP contribution is -2.34. The molecule has 2 atom stereocenters. The summed E-state index contributed by atoms with van der Waals surface area (Å²) in [5, 5.41) is 0. The number of imidazole rings is 1. The number of nitrogens with zero attached hydrogens (tertiary/aromatic N) is 4. The molecule has 0 radical (unpaired) electrons. The van der Waals surface area contributed by atoms with Crippen LogP contribution in [0.2, 0.25) is 0 Å². The summed E-state index contributed by atoms with van der Waals surface area (Å²) in [5.74, 6) is 2.24. The van der Waals surface area contributed by atoms with E-state index in [1.807, 2.05) is 21.9 Å². The van der Waals surface area contributed by atoms with E-state index in [9.17, 15) is 14.4 Å². The fourth-order valence-corrected chi connectivity index (χ4v) is 6.87. The van der Waals surface area contributed by atoms with Crippen molar-refractivity contribution in [1.29, 1.82) is 0 Å². The number of rotatable bonds is 6. The number of pyridine rings is 1. The standard InChI is InChI=1S/C32H39N5O5/c1-35-28-15-22(4-5-26(28)34-32(35)40)30(38)37-17-23-6-10-36(11-7-24(23)18-37)31(39)25-14-27(21-2-3-21)33-29(16-25)42-19-20-8-12-41-13-9-20/h4-5,14-16,20-21,23-24H,2-3,6-13,17-19H2,1H3,(H,34,40)/t23-,24+. The Bertz CT molecular complexity index is 1540. The van der Waals surface area contributed by atoms with Gasteiger partial charge in [-0.25, -0.2) is 9.78 Å². The van der Waals surface area contributed by atoms with Crippen LogP contribution in [0.3, 0.4) is 0 Å². The second kappa shape index (κ2) is 11.2. The minimum Gasteiger partial charge on any atom is -0.477 e. The molecule has 2 aromatic heterocycles. The van der Waals surface area contributed by atoms with E-state index in [-0.39, 0.29) is 17.5 Å². The first kappa shape index (κ1) is 27.2. The molecule has 10 nitrogen and oxygen atoms in total. The van der Waals surface area contributed by atoms with Crippen molar-refractivity contribution >= 4 is 22.8 Å². The fraction of sp³-hybridized carbons (Fsp3) is 0.562. The van der Waals surface area contributed by atoms with Crippen molar-refractivity contribution < 1.29 is 19.1 Å². The Morgan fingerprint density at radius 2 is 1.64 bits per heavy atom. The second-order valence-corrected chi connectivity index (χ2v) is 12.6. The van der Waals surface area contributed by atoms with E-state index in [0.717, 1.165) is 68.5 Å². The number of hydrogen-bond donors (Lipinski definition) is 1. The average molecular weight is 574 g/mol. The summed E-state index contributed by atoms with van der Waals surface area (Å²) in [6.07, 6.45) is 5.97. The molecule has 0 spiro atoms. The van der Waals surface area contributed by atoms with Gasteiger partial charge in [-0.1, -0.05) is 0 Å². The van der Waals surface area contributed by atoms with E-state index in [4.69, 9.17) is 14.5 Å². The number of fused-ring (bicyclic) bond motifs is 2. The Labute approximate surface area is 245 Å². The van der Waals surface area contributed by atoms with Crippen molar-refractivity contribution in [3.63, 3.8) is 0 Å². The molecule has 4 aliphatic rings. The van der Waals surface area contributed by atoms with Crippen LogP contribution in [0, 0.1) is 17.8 Å². The summed E-state index contributed by atoms with van der Waals surface area (Å²) in [6, 6.07) is 9.20. The van der Waals surface area contributed by atoms with Crippen molar-refractivity contribution in [2.75, 3.05) is 46.0 Å². The number of aromatic amines is 1. The fourth-order valence-electron chi connectivity index (χ4n) is 6.87. The highest BCUT2D eigenvalue weighted by molar-refractivity contribution is 5.97. The first-order valence-corrected chi connectivity index (χ1v) is 15.4. The monoisotopic (exact) mass is 573 g/mol. The average Bonchev–Trinajstić information content (AvgIpc) is 3.77. The maximum Gasteiger partial charge on any atom is 0.326 e. The van der Waals surface area contributed by atoms with Gasteiger partial charge in [-0.3, -0.25) is 14.2 Å². The van der Waals surface area contributed by atoms with E-state index in [2.05, 4.69) is 4.98 Å². The summed E-state index contributed by atoms with van der Waals surface area (Å²) < 4.78 is 13.1. The highest BCUT2D eigenvalue weighted by Gasteiger charge is 2.38. The van der Waals surface area contributed by atoms with Crippen molar-refractivity contribution in [2.45, 2.75) is 44.4 Å². The van der Waals surface area contributed by atoms with Crippen molar-refractivity contribution in [1.82, 2.24) is 24.3 Å². The number of amides is 2. The molecule has 0 bridgehead atoms. The van der Waals surface area contributed by atoms with Gasteiger partial charge in [-0.2, -0.15) is 0 Å². The molecule has 222 valence electrons. The van der Waals surface area contributed by atoms with Gasteiger partial charge in [0.25, 0.3) is 11.8 Å². The molecule has 3 aliphatic heterocycles. The first-order valence-electron chi connectivity index (χ1n) is 15.4. The van der Waals surface area contributed by atoms with E-state index in [1.54, 1.807) is 25.2 Å². The van der Waals surface area contributed by atoms with Gasteiger partial charge >= 0.3 is 5.69 Å². The van der Waals surface area contributed by atoms with Crippen molar-refractivity contribution in [3.8, 4) is 5.88 Å². The van der Waals surface area contributed by atoms with Gasteiger partial charge in [0.05, 0.1) is 17.6 Å². The third-order valence-corrected chi connectivity index (χ3v) is 9.71. The Morgan fingerprint density at radius 1 is 0.929 bits per heavy atom. The predicted octanol–water partition coefficient (Wildman–Crippen LogP) is 3.57. The number of ether oxygens (including phenoxy) is 2. The number of aryl methyl sites for hydroxylation is 1. The third kappa shape index (κ3) is 5.44. The number of hydrogen-bond acceptors (Lipinski definition) is 6. The second-order valence-electron chi connectivity index (χ2n) is 12.6. The quantitative estimate of drug-likeness (QED) is 0.483. The van der Waals surface area contributed by atoms with Crippen LogP contribution in [0.5, 0.6) is 5.88 Å². The zero-order valence-corrected chi connectivity index (χ0v) is 24.2. The molecule has 5 heterocycles. The number of H-pyrrole nitrogens is 1. The lowest BCUT2D eigenvalue weighted by molar-refractivity contribution is 0.0490. The van der Waals surface area contributed by atoms with Crippen LogP contribution >= 0.6 is 0 Å². The Kier molecular flexibility index (Phi) is 7.25. The van der Waals surface area contributed by atoms with E-state index in [1.165, 1.54) is 4.57 Å². The summed E-state index contributed by atoms with van der Waals surface area (Å²) in [4.78, 5) is 50.6. The largest absolute Gasteiger partial charge is 0.477 e. The number of carbonyl (C=O) groups is 2. The third-order valence-electron chi connectivity index (χ3n) is 9.71. The van der Waals surface area contributed by atoms with Gasteiger partial charge in [0.15, 0.2) is 0 Å². The lowest BCUT2D eigenvalue weighted by atomic mass is 9.92. The zero-order valence-electron chi connectivity index (χ0n) is 24.2. The van der Waals surface area contributed by atoms with Crippen LogP contribution in [-0.4, -0.2) is 82.1 Å². The van der Waals surface area contributed by atoms with E-state index >= 15 is 0 Å². The summed E-state index contributed by atoms with van der Waals surface area (Å²) in [6.45, 7) is 4.92. The minimum absolute atomic E-state index is 0.00391. The molecule has 1 aromatic carbocycles.